The highest BCUT2D eigenvalue weighted by Gasteiger charge is 2.20. The van der Waals surface area contributed by atoms with E-state index in [1.54, 1.807) is 13.3 Å². The second-order valence-electron chi connectivity index (χ2n) is 8.67. The van der Waals surface area contributed by atoms with Crippen molar-refractivity contribution in [2.75, 3.05) is 7.11 Å². The van der Waals surface area contributed by atoms with Crippen LogP contribution in [0.15, 0.2) is 66.9 Å². The van der Waals surface area contributed by atoms with E-state index in [4.69, 9.17) is 14.6 Å². The summed E-state index contributed by atoms with van der Waals surface area (Å²) in [5, 5.41) is 12.8. The molecule has 2 aromatic carbocycles. The fourth-order valence-corrected chi connectivity index (χ4v) is 4.08. The highest BCUT2D eigenvalue weighted by atomic mass is 16.5. The number of imidazole rings is 1. The first-order chi connectivity index (χ1) is 18.0. The van der Waals surface area contributed by atoms with Gasteiger partial charge in [0.15, 0.2) is 0 Å². The van der Waals surface area contributed by atoms with Gasteiger partial charge in [-0.25, -0.2) is 14.8 Å². The molecule has 0 fully saturated rings. The zero-order valence-corrected chi connectivity index (χ0v) is 20.6. The number of carboxylic acids is 1. The molecule has 0 aliphatic carbocycles. The number of ether oxygens (including phenoxy) is 2. The van der Waals surface area contributed by atoms with Crippen molar-refractivity contribution in [2.24, 2.45) is 0 Å². The molecule has 4 rings (SSSR count). The number of aromatic amines is 1. The Hall–Kier alpha value is -4.40. The van der Waals surface area contributed by atoms with E-state index in [0.717, 1.165) is 28.5 Å². The predicted octanol–water partition coefficient (Wildman–Crippen LogP) is 5.64. The number of hydrogen-bond acceptors (Lipinski definition) is 6. The first kappa shape index (κ1) is 25.7. The fourth-order valence-electron chi connectivity index (χ4n) is 4.08. The van der Waals surface area contributed by atoms with Gasteiger partial charge in [0, 0.05) is 11.8 Å². The molecule has 0 aliphatic heterocycles. The molecule has 0 radical (unpaired) electrons. The minimum Gasteiger partial charge on any atom is -0.481 e. The fraction of sp³-hybridized carbons (Fsp3) is 0.286. The molecule has 1 atom stereocenters. The number of hydrogen-bond donors (Lipinski definition) is 3. The number of aromatic nitrogens is 3. The number of pyridine rings is 1. The number of para-hydroxylation sites is 1. The number of nitrogens with one attached hydrogen (secondary N) is 2. The van der Waals surface area contributed by atoms with Gasteiger partial charge in [-0.1, -0.05) is 61.4 Å². The van der Waals surface area contributed by atoms with Crippen molar-refractivity contribution in [3.05, 3.63) is 78.2 Å². The number of amides is 1. The molecule has 1 amide bonds. The number of H-pyrrole nitrogens is 1. The summed E-state index contributed by atoms with van der Waals surface area (Å²) in [4.78, 5) is 35.9. The summed E-state index contributed by atoms with van der Waals surface area (Å²) < 4.78 is 10.9. The maximum atomic E-state index is 12.6. The van der Waals surface area contributed by atoms with Gasteiger partial charge >= 0.3 is 12.1 Å². The van der Waals surface area contributed by atoms with E-state index in [0.29, 0.717) is 36.7 Å². The van der Waals surface area contributed by atoms with E-state index in [2.05, 4.69) is 20.3 Å². The van der Waals surface area contributed by atoms with E-state index in [9.17, 15) is 9.59 Å². The van der Waals surface area contributed by atoms with Crippen LogP contribution in [0.3, 0.4) is 0 Å². The Kier molecular flexibility index (Phi) is 8.70. The average Bonchev–Trinajstić information content (AvgIpc) is 3.41. The molecule has 0 aliphatic rings. The van der Waals surface area contributed by atoms with Crippen LogP contribution in [0.4, 0.5) is 4.79 Å². The highest BCUT2D eigenvalue weighted by Crippen LogP contribution is 2.31. The standard InChI is InChI=1S/C28H30N4O5/c1-36-27-21(16-20-12-8-9-13-22(20)31-27)24-17-29-26(30-24)23(14-6-3-7-15-25(33)34)32-28(35)37-18-19-10-4-2-5-11-19/h2,4-5,8-13,16-17,23H,3,6-7,14-15,18H2,1H3,(H,29,30)(H,32,35)(H,33,34)/t23-/m0/s1. The Morgan fingerprint density at radius 2 is 1.84 bits per heavy atom. The molecule has 37 heavy (non-hydrogen) atoms. The lowest BCUT2D eigenvalue weighted by Crippen LogP contribution is -2.30. The molecule has 2 aromatic heterocycles. The number of aliphatic carboxylic acids is 1. The Bertz CT molecular complexity index is 1340. The zero-order chi connectivity index (χ0) is 26.0. The number of unbranched alkanes of at least 4 members (excludes halogenated alkanes) is 2. The van der Waals surface area contributed by atoms with Crippen molar-refractivity contribution in [3.8, 4) is 17.1 Å². The Morgan fingerprint density at radius 1 is 1.05 bits per heavy atom. The third kappa shape index (κ3) is 7.07. The molecule has 9 nitrogen and oxygen atoms in total. The van der Waals surface area contributed by atoms with Gasteiger partial charge in [0.05, 0.1) is 36.1 Å². The van der Waals surface area contributed by atoms with Gasteiger partial charge in [-0.2, -0.15) is 0 Å². The van der Waals surface area contributed by atoms with Crippen molar-refractivity contribution < 1.29 is 24.2 Å². The quantitative estimate of drug-likeness (QED) is 0.214. The van der Waals surface area contributed by atoms with Crippen LogP contribution in [0.1, 0.15) is 49.5 Å². The lowest BCUT2D eigenvalue weighted by Gasteiger charge is -2.17. The monoisotopic (exact) mass is 502 g/mol. The van der Waals surface area contributed by atoms with Crippen LogP contribution in [0.25, 0.3) is 22.2 Å². The zero-order valence-electron chi connectivity index (χ0n) is 20.6. The SMILES string of the molecule is COc1nc2ccccc2cc1-c1cnc([C@H](CCCCCC(=O)O)NC(=O)OCc2ccccc2)[nH]1. The van der Waals surface area contributed by atoms with Gasteiger partial charge in [0.1, 0.15) is 12.4 Å². The second kappa shape index (κ2) is 12.5. The summed E-state index contributed by atoms with van der Waals surface area (Å²) in [6, 6.07) is 18.8. The van der Waals surface area contributed by atoms with E-state index in [1.165, 1.54) is 0 Å². The van der Waals surface area contributed by atoms with Gasteiger partial charge in [-0.15, -0.1) is 0 Å². The third-order valence-electron chi connectivity index (χ3n) is 5.99. The van der Waals surface area contributed by atoms with E-state index in [-0.39, 0.29) is 13.0 Å². The van der Waals surface area contributed by atoms with Gasteiger partial charge in [0.25, 0.3) is 0 Å². The van der Waals surface area contributed by atoms with E-state index in [1.807, 2.05) is 60.7 Å². The van der Waals surface area contributed by atoms with E-state index < -0.39 is 18.1 Å². The number of nitrogens with zero attached hydrogens (tertiary/aromatic N) is 2. The predicted molar refractivity (Wildman–Crippen MR) is 139 cm³/mol. The molecular formula is C28H30N4O5. The number of carboxylic acid groups (broad SMARTS) is 1. The van der Waals surface area contributed by atoms with Crippen LogP contribution in [0.5, 0.6) is 5.88 Å². The summed E-state index contributed by atoms with van der Waals surface area (Å²) in [7, 11) is 1.57. The van der Waals surface area contributed by atoms with Crippen LogP contribution in [0.2, 0.25) is 0 Å². The number of carbonyl (C=O) groups is 2. The molecule has 0 saturated heterocycles. The van der Waals surface area contributed by atoms with Crippen LogP contribution in [-0.4, -0.2) is 39.2 Å². The first-order valence-electron chi connectivity index (χ1n) is 12.2. The molecule has 2 heterocycles. The van der Waals surface area contributed by atoms with Crippen LogP contribution in [0, 0.1) is 0 Å². The Balaban J connectivity index is 1.50. The highest BCUT2D eigenvalue weighted by molar-refractivity contribution is 5.85. The maximum absolute atomic E-state index is 12.6. The molecular weight excluding hydrogens is 472 g/mol. The number of benzene rings is 2. The summed E-state index contributed by atoms with van der Waals surface area (Å²) in [6.45, 7) is 0.154. The number of rotatable bonds is 12. The van der Waals surface area contributed by atoms with Crippen molar-refractivity contribution in [2.45, 2.75) is 44.8 Å². The van der Waals surface area contributed by atoms with Crippen LogP contribution < -0.4 is 10.1 Å². The summed E-state index contributed by atoms with van der Waals surface area (Å²) in [5.74, 6) is 0.224. The molecule has 9 heteroatoms. The molecule has 4 aromatic rings. The first-order valence-corrected chi connectivity index (χ1v) is 12.2. The molecule has 0 saturated carbocycles. The molecule has 3 N–H and O–H groups in total. The maximum Gasteiger partial charge on any atom is 0.408 e. The molecule has 192 valence electrons. The van der Waals surface area contributed by atoms with Crippen molar-refractivity contribution in [3.63, 3.8) is 0 Å². The smallest absolute Gasteiger partial charge is 0.408 e. The molecule has 0 bridgehead atoms. The van der Waals surface area contributed by atoms with Crippen molar-refractivity contribution in [1.29, 1.82) is 0 Å². The van der Waals surface area contributed by atoms with Gasteiger partial charge in [-0.3, -0.25) is 4.79 Å². The molecule has 0 spiro atoms. The van der Waals surface area contributed by atoms with Crippen LogP contribution in [-0.2, 0) is 16.1 Å². The number of alkyl carbamates (subject to hydrolysis) is 1. The van der Waals surface area contributed by atoms with Crippen molar-refractivity contribution >= 4 is 23.0 Å². The number of methoxy groups -OCH3 is 1. The summed E-state index contributed by atoms with van der Waals surface area (Å²) in [5.41, 5.74) is 3.18. The lowest BCUT2D eigenvalue weighted by molar-refractivity contribution is -0.137. The summed E-state index contributed by atoms with van der Waals surface area (Å²) in [6.07, 6.45) is 3.84. The normalized spacial score (nSPS) is 11.7. The Morgan fingerprint density at radius 3 is 2.62 bits per heavy atom. The Labute approximate surface area is 214 Å². The number of carbonyl (C=O) groups excluding carboxylic acids is 1. The molecule has 0 unspecified atom stereocenters. The lowest BCUT2D eigenvalue weighted by atomic mass is 10.1. The largest absolute Gasteiger partial charge is 0.481 e. The minimum atomic E-state index is -0.812. The number of fused-ring (bicyclic) bond motifs is 1. The van der Waals surface area contributed by atoms with E-state index >= 15 is 0 Å². The third-order valence-corrected chi connectivity index (χ3v) is 5.99. The minimum absolute atomic E-state index is 0.122. The van der Waals surface area contributed by atoms with Gasteiger partial charge in [-0.05, 0) is 30.5 Å². The van der Waals surface area contributed by atoms with Crippen LogP contribution >= 0.6 is 0 Å². The topological polar surface area (TPSA) is 126 Å². The summed E-state index contributed by atoms with van der Waals surface area (Å²) >= 11 is 0. The van der Waals surface area contributed by atoms with Gasteiger partial charge in [0.2, 0.25) is 5.88 Å². The van der Waals surface area contributed by atoms with Gasteiger partial charge < -0.3 is 24.9 Å². The second-order valence-corrected chi connectivity index (χ2v) is 8.67. The average molecular weight is 503 g/mol. The van der Waals surface area contributed by atoms with Crippen molar-refractivity contribution in [1.82, 2.24) is 20.3 Å².